The first-order valence-corrected chi connectivity index (χ1v) is 6.90. The molecule has 1 N–H and O–H groups in total. The largest absolute Gasteiger partial charge is 0.377 e. The van der Waals surface area contributed by atoms with Crippen LogP contribution in [0, 0.1) is 0 Å². The smallest absolute Gasteiger partial charge is 0.239 e. The maximum Gasteiger partial charge on any atom is 0.239 e. The number of halogens is 1. The summed E-state index contributed by atoms with van der Waals surface area (Å²) >= 11 is 5.97. The number of methoxy groups -OCH3 is 1. The summed E-state index contributed by atoms with van der Waals surface area (Å²) in [7, 11) is 1.57. The average molecular weight is 301 g/mol. The third kappa shape index (κ3) is 5.30. The van der Waals surface area contributed by atoms with Gasteiger partial charge in [-0.15, -0.1) is 0 Å². The van der Waals surface area contributed by atoms with Crippen LogP contribution >= 0.6 is 11.6 Å². The lowest BCUT2D eigenvalue weighted by molar-refractivity contribution is -0.120. The molecule has 1 rings (SSSR count). The summed E-state index contributed by atoms with van der Waals surface area (Å²) in [5.74, 6) is 1.07. The highest BCUT2D eigenvalue weighted by Crippen LogP contribution is 2.16. The Labute approximate surface area is 124 Å². The van der Waals surface area contributed by atoms with Crippen molar-refractivity contribution in [3.63, 3.8) is 0 Å². The van der Waals surface area contributed by atoms with Crippen LogP contribution in [0.4, 0.5) is 5.82 Å². The minimum Gasteiger partial charge on any atom is -0.377 e. The van der Waals surface area contributed by atoms with Crippen molar-refractivity contribution in [3.05, 3.63) is 17.0 Å². The van der Waals surface area contributed by atoms with Gasteiger partial charge in [-0.25, -0.2) is 9.97 Å². The summed E-state index contributed by atoms with van der Waals surface area (Å²) in [5.41, 5.74) is 0. The first-order chi connectivity index (χ1) is 9.46. The van der Waals surface area contributed by atoms with Crippen LogP contribution in [0.1, 0.15) is 26.6 Å². The van der Waals surface area contributed by atoms with Gasteiger partial charge in [0.2, 0.25) is 5.91 Å². The van der Waals surface area contributed by atoms with E-state index in [-0.39, 0.29) is 25.1 Å². The lowest BCUT2D eigenvalue weighted by Crippen LogP contribution is -2.40. The van der Waals surface area contributed by atoms with E-state index in [1.165, 1.54) is 0 Å². The first-order valence-electron chi connectivity index (χ1n) is 6.53. The molecule has 1 aromatic heterocycles. The van der Waals surface area contributed by atoms with Crippen LogP contribution in [0.5, 0.6) is 0 Å². The fourth-order valence-corrected chi connectivity index (χ4v) is 1.90. The average Bonchev–Trinajstić information content (AvgIpc) is 2.34. The summed E-state index contributed by atoms with van der Waals surface area (Å²) in [6, 6.07) is 1.76. The molecule has 1 aromatic rings. The van der Waals surface area contributed by atoms with E-state index in [1.54, 1.807) is 13.2 Å². The highest BCUT2D eigenvalue weighted by Gasteiger charge is 2.14. The Bertz CT molecular complexity index is 454. The Balaban J connectivity index is 2.85. The molecular weight excluding hydrogens is 280 g/mol. The van der Waals surface area contributed by atoms with E-state index in [0.29, 0.717) is 23.3 Å². The Morgan fingerprint density at radius 3 is 2.75 bits per heavy atom. The van der Waals surface area contributed by atoms with Crippen molar-refractivity contribution < 1.29 is 9.53 Å². The minimum atomic E-state index is -0.0510. The number of ether oxygens (including phenoxy) is 1. The predicted molar refractivity (Wildman–Crippen MR) is 78.9 cm³/mol. The summed E-state index contributed by atoms with van der Waals surface area (Å²) in [5, 5.41) is 3.19. The van der Waals surface area contributed by atoms with Crippen LogP contribution in [0.15, 0.2) is 6.07 Å². The minimum absolute atomic E-state index is 0.0510. The zero-order valence-electron chi connectivity index (χ0n) is 12.3. The van der Waals surface area contributed by atoms with Crippen LogP contribution in [0.2, 0.25) is 5.15 Å². The van der Waals surface area contributed by atoms with Gasteiger partial charge in [-0.05, 0) is 20.8 Å². The van der Waals surface area contributed by atoms with Gasteiger partial charge in [-0.2, -0.15) is 0 Å². The fourth-order valence-electron chi connectivity index (χ4n) is 1.70. The van der Waals surface area contributed by atoms with Crippen molar-refractivity contribution in [1.29, 1.82) is 0 Å². The molecule has 0 aliphatic rings. The molecule has 0 bridgehead atoms. The van der Waals surface area contributed by atoms with Gasteiger partial charge in [0.15, 0.2) is 5.82 Å². The molecule has 0 spiro atoms. The molecular formula is C13H21ClN4O2. The summed E-state index contributed by atoms with van der Waals surface area (Å²) in [6.07, 6.45) is 0. The molecule has 0 saturated heterocycles. The molecule has 1 heterocycles. The zero-order valence-corrected chi connectivity index (χ0v) is 13.1. The van der Waals surface area contributed by atoms with E-state index < -0.39 is 0 Å². The van der Waals surface area contributed by atoms with E-state index in [2.05, 4.69) is 15.3 Å². The molecule has 7 heteroatoms. The van der Waals surface area contributed by atoms with Gasteiger partial charge < -0.3 is 15.0 Å². The normalized spacial score (nSPS) is 10.7. The molecule has 0 radical (unpaired) electrons. The van der Waals surface area contributed by atoms with Crippen LogP contribution in [-0.4, -0.2) is 42.1 Å². The van der Waals surface area contributed by atoms with Crippen LogP contribution in [0.3, 0.4) is 0 Å². The number of aromatic nitrogens is 2. The van der Waals surface area contributed by atoms with Gasteiger partial charge in [-0.1, -0.05) is 11.6 Å². The number of hydrogen-bond acceptors (Lipinski definition) is 5. The topological polar surface area (TPSA) is 67.4 Å². The Hall–Kier alpha value is -1.40. The zero-order chi connectivity index (χ0) is 15.1. The highest BCUT2D eigenvalue weighted by atomic mass is 35.5. The molecule has 0 aromatic carbocycles. The van der Waals surface area contributed by atoms with Gasteiger partial charge in [-0.3, -0.25) is 4.79 Å². The lowest BCUT2D eigenvalue weighted by Gasteiger charge is -2.22. The lowest BCUT2D eigenvalue weighted by atomic mass is 10.3. The Kier molecular flexibility index (Phi) is 6.67. The number of carbonyl (C=O) groups excluding carboxylic acids is 1. The number of amides is 1. The molecule has 0 unspecified atom stereocenters. The highest BCUT2D eigenvalue weighted by molar-refractivity contribution is 6.29. The molecule has 6 nitrogen and oxygen atoms in total. The second kappa shape index (κ2) is 8.01. The monoisotopic (exact) mass is 300 g/mol. The van der Waals surface area contributed by atoms with Crippen LogP contribution in [-0.2, 0) is 16.1 Å². The number of rotatable bonds is 7. The summed E-state index contributed by atoms with van der Waals surface area (Å²) in [6.45, 7) is 6.95. The summed E-state index contributed by atoms with van der Waals surface area (Å²) < 4.78 is 5.00. The number of nitrogens with zero attached hydrogens (tertiary/aromatic N) is 3. The second-order valence-electron chi connectivity index (χ2n) is 4.63. The first kappa shape index (κ1) is 16.7. The number of anilines is 1. The molecule has 0 aliphatic heterocycles. The van der Waals surface area contributed by atoms with Crippen molar-refractivity contribution in [1.82, 2.24) is 15.3 Å². The van der Waals surface area contributed by atoms with E-state index in [4.69, 9.17) is 16.3 Å². The van der Waals surface area contributed by atoms with Crippen molar-refractivity contribution in [2.24, 2.45) is 0 Å². The van der Waals surface area contributed by atoms with Crippen molar-refractivity contribution in [3.8, 4) is 0 Å². The molecule has 20 heavy (non-hydrogen) atoms. The molecule has 0 saturated carbocycles. The number of nitrogens with one attached hydrogen (secondary N) is 1. The maximum absolute atomic E-state index is 11.8. The van der Waals surface area contributed by atoms with Crippen molar-refractivity contribution in [2.45, 2.75) is 33.4 Å². The number of hydrogen-bond donors (Lipinski definition) is 1. The SMILES string of the molecule is CCN(CC(=O)NC(C)C)c1cc(Cl)nc(COC)n1. The quantitative estimate of drug-likeness (QED) is 0.775. The third-order valence-corrected chi connectivity index (χ3v) is 2.68. The van der Waals surface area contributed by atoms with E-state index in [1.807, 2.05) is 25.7 Å². The molecule has 0 aliphatic carbocycles. The second-order valence-corrected chi connectivity index (χ2v) is 5.02. The number of likely N-dealkylation sites (N-methyl/N-ethyl adjacent to an activating group) is 1. The van der Waals surface area contributed by atoms with Gasteiger partial charge >= 0.3 is 0 Å². The van der Waals surface area contributed by atoms with Gasteiger partial charge in [0.1, 0.15) is 17.6 Å². The third-order valence-electron chi connectivity index (χ3n) is 2.49. The van der Waals surface area contributed by atoms with Crippen LogP contribution < -0.4 is 10.2 Å². The fraction of sp³-hybridized carbons (Fsp3) is 0.615. The maximum atomic E-state index is 11.8. The van der Waals surface area contributed by atoms with Gasteiger partial charge in [0.05, 0.1) is 6.54 Å². The van der Waals surface area contributed by atoms with Crippen molar-refractivity contribution >= 4 is 23.3 Å². The van der Waals surface area contributed by atoms with E-state index >= 15 is 0 Å². The Morgan fingerprint density at radius 1 is 1.50 bits per heavy atom. The van der Waals surface area contributed by atoms with E-state index in [9.17, 15) is 4.79 Å². The standard InChI is InChI=1S/C13H21ClN4O2/c1-5-18(7-13(19)15-9(2)3)12-6-10(14)16-11(17-12)8-20-4/h6,9H,5,7-8H2,1-4H3,(H,15,19). The predicted octanol–water partition coefficient (Wildman–Crippen LogP) is 1.63. The van der Waals surface area contributed by atoms with E-state index in [0.717, 1.165) is 0 Å². The van der Waals surface area contributed by atoms with Gasteiger partial charge in [0.25, 0.3) is 0 Å². The van der Waals surface area contributed by atoms with Gasteiger partial charge in [0, 0.05) is 25.8 Å². The number of carbonyl (C=O) groups is 1. The van der Waals surface area contributed by atoms with Crippen molar-refractivity contribution in [2.75, 3.05) is 25.1 Å². The molecule has 112 valence electrons. The summed E-state index contributed by atoms with van der Waals surface area (Å²) in [4.78, 5) is 22.1. The molecule has 1 amide bonds. The molecule has 0 fully saturated rings. The Morgan fingerprint density at radius 2 is 2.20 bits per heavy atom. The molecule has 0 atom stereocenters. The van der Waals surface area contributed by atoms with Crippen LogP contribution in [0.25, 0.3) is 0 Å².